The largest absolute Gasteiger partial charge is 0.480 e. The molecule has 0 saturated carbocycles. The number of nitrogens with zero attached hydrogens (tertiary/aromatic N) is 1. The lowest BCUT2D eigenvalue weighted by Gasteiger charge is -2.30. The van der Waals surface area contributed by atoms with Gasteiger partial charge < -0.3 is 15.3 Å². The standard InChI is InChI=1S/C14H24N2O4/c1-5-9(12(18)19)15-11(17)10-7-6-8-16(10)13(20)14(2,3)4/h9-10H,5-8H2,1-4H3,(H,15,17)(H,18,19)/t9-,10?/m0/s1. The van der Waals surface area contributed by atoms with E-state index in [9.17, 15) is 14.4 Å². The number of carbonyl (C=O) groups is 3. The van der Waals surface area contributed by atoms with Crippen LogP contribution >= 0.6 is 0 Å². The van der Waals surface area contributed by atoms with Crippen LogP contribution < -0.4 is 5.32 Å². The molecule has 0 radical (unpaired) electrons. The Hall–Kier alpha value is -1.59. The minimum atomic E-state index is -1.05. The van der Waals surface area contributed by atoms with Crippen molar-refractivity contribution in [3.05, 3.63) is 0 Å². The van der Waals surface area contributed by atoms with Crippen molar-refractivity contribution < 1.29 is 19.5 Å². The molecule has 114 valence electrons. The van der Waals surface area contributed by atoms with Gasteiger partial charge >= 0.3 is 5.97 Å². The van der Waals surface area contributed by atoms with E-state index in [0.29, 0.717) is 19.4 Å². The lowest BCUT2D eigenvalue weighted by Crippen LogP contribution is -2.52. The maximum atomic E-state index is 12.3. The Labute approximate surface area is 119 Å². The zero-order valence-corrected chi connectivity index (χ0v) is 12.6. The summed E-state index contributed by atoms with van der Waals surface area (Å²) >= 11 is 0. The summed E-state index contributed by atoms with van der Waals surface area (Å²) in [5.41, 5.74) is -0.542. The number of amides is 2. The molecule has 0 aromatic heterocycles. The fourth-order valence-corrected chi connectivity index (χ4v) is 2.32. The molecular weight excluding hydrogens is 260 g/mol. The summed E-state index contributed by atoms with van der Waals surface area (Å²) < 4.78 is 0. The van der Waals surface area contributed by atoms with E-state index in [1.165, 1.54) is 0 Å². The molecule has 6 nitrogen and oxygen atoms in total. The van der Waals surface area contributed by atoms with Crippen LogP contribution in [0.1, 0.15) is 47.0 Å². The van der Waals surface area contributed by atoms with E-state index in [-0.39, 0.29) is 11.8 Å². The van der Waals surface area contributed by atoms with E-state index >= 15 is 0 Å². The van der Waals surface area contributed by atoms with Crippen molar-refractivity contribution in [2.75, 3.05) is 6.54 Å². The van der Waals surface area contributed by atoms with Crippen molar-refractivity contribution in [2.24, 2.45) is 5.41 Å². The third kappa shape index (κ3) is 3.71. The maximum absolute atomic E-state index is 12.3. The van der Waals surface area contributed by atoms with Gasteiger partial charge in [-0.2, -0.15) is 0 Å². The van der Waals surface area contributed by atoms with E-state index in [1.807, 2.05) is 20.8 Å². The molecule has 20 heavy (non-hydrogen) atoms. The first-order chi connectivity index (χ1) is 9.18. The fraction of sp³-hybridized carbons (Fsp3) is 0.786. The zero-order chi connectivity index (χ0) is 15.5. The number of hydrogen-bond acceptors (Lipinski definition) is 3. The highest BCUT2D eigenvalue weighted by Crippen LogP contribution is 2.25. The van der Waals surface area contributed by atoms with Crippen LogP contribution in [-0.4, -0.2) is 46.4 Å². The van der Waals surface area contributed by atoms with E-state index < -0.39 is 23.5 Å². The third-order valence-corrected chi connectivity index (χ3v) is 3.48. The Balaban J connectivity index is 2.77. The number of likely N-dealkylation sites (tertiary alicyclic amines) is 1. The number of aliphatic carboxylic acids is 1. The van der Waals surface area contributed by atoms with Gasteiger partial charge in [0.15, 0.2) is 0 Å². The quantitative estimate of drug-likeness (QED) is 0.806. The summed E-state index contributed by atoms with van der Waals surface area (Å²) in [5, 5.41) is 11.5. The van der Waals surface area contributed by atoms with Crippen molar-refractivity contribution in [1.29, 1.82) is 0 Å². The molecule has 0 aromatic carbocycles. The molecule has 1 fully saturated rings. The van der Waals surface area contributed by atoms with Gasteiger partial charge in [-0.25, -0.2) is 4.79 Å². The number of carboxylic acids is 1. The maximum Gasteiger partial charge on any atom is 0.326 e. The van der Waals surface area contributed by atoms with E-state index in [2.05, 4.69) is 5.32 Å². The van der Waals surface area contributed by atoms with Gasteiger partial charge in [0.1, 0.15) is 12.1 Å². The Bertz CT molecular complexity index is 400. The molecule has 1 heterocycles. The summed E-state index contributed by atoms with van der Waals surface area (Å²) in [4.78, 5) is 37.0. The fourth-order valence-electron chi connectivity index (χ4n) is 2.32. The molecule has 0 bridgehead atoms. The Morgan fingerprint density at radius 1 is 1.35 bits per heavy atom. The average Bonchev–Trinajstić information content (AvgIpc) is 2.81. The highest BCUT2D eigenvalue weighted by molar-refractivity contribution is 5.92. The minimum absolute atomic E-state index is 0.0708. The Kier molecular flexibility index (Phi) is 5.14. The molecule has 2 amide bonds. The highest BCUT2D eigenvalue weighted by Gasteiger charge is 2.39. The van der Waals surface area contributed by atoms with Gasteiger partial charge in [0.25, 0.3) is 0 Å². The second kappa shape index (κ2) is 6.24. The number of carboxylic acid groups (broad SMARTS) is 1. The predicted molar refractivity (Wildman–Crippen MR) is 74.0 cm³/mol. The van der Waals surface area contributed by atoms with Crippen molar-refractivity contribution in [1.82, 2.24) is 10.2 Å². The number of hydrogen-bond donors (Lipinski definition) is 2. The minimum Gasteiger partial charge on any atom is -0.480 e. The van der Waals surface area contributed by atoms with Gasteiger partial charge in [-0.1, -0.05) is 27.7 Å². The molecule has 0 spiro atoms. The molecule has 2 atom stereocenters. The van der Waals surface area contributed by atoms with Crippen LogP contribution in [0, 0.1) is 5.41 Å². The van der Waals surface area contributed by atoms with Gasteiger partial charge in [0.05, 0.1) is 0 Å². The molecule has 0 aromatic rings. The van der Waals surface area contributed by atoms with Crippen molar-refractivity contribution in [3.63, 3.8) is 0 Å². The predicted octanol–water partition coefficient (Wildman–Crippen LogP) is 1.00. The lowest BCUT2D eigenvalue weighted by molar-refractivity contribution is -0.146. The van der Waals surface area contributed by atoms with Gasteiger partial charge in [0, 0.05) is 12.0 Å². The molecule has 1 aliphatic rings. The zero-order valence-electron chi connectivity index (χ0n) is 12.6. The summed E-state index contributed by atoms with van der Waals surface area (Å²) in [5.74, 6) is -1.49. The van der Waals surface area contributed by atoms with Crippen LogP contribution in [0.25, 0.3) is 0 Å². The molecule has 1 aliphatic heterocycles. The molecule has 2 N–H and O–H groups in total. The average molecular weight is 284 g/mol. The normalized spacial score (nSPS) is 20.6. The molecular formula is C14H24N2O4. The molecule has 1 saturated heterocycles. The van der Waals surface area contributed by atoms with Gasteiger partial charge in [0.2, 0.25) is 11.8 Å². The molecule has 6 heteroatoms. The van der Waals surface area contributed by atoms with Crippen molar-refractivity contribution >= 4 is 17.8 Å². The van der Waals surface area contributed by atoms with Gasteiger partial charge in [-0.3, -0.25) is 9.59 Å². The van der Waals surface area contributed by atoms with Crippen molar-refractivity contribution in [2.45, 2.75) is 59.0 Å². The Morgan fingerprint density at radius 3 is 2.40 bits per heavy atom. The topological polar surface area (TPSA) is 86.7 Å². The first kappa shape index (κ1) is 16.5. The monoisotopic (exact) mass is 284 g/mol. The third-order valence-electron chi connectivity index (χ3n) is 3.48. The van der Waals surface area contributed by atoms with Crippen LogP contribution in [0.4, 0.5) is 0 Å². The van der Waals surface area contributed by atoms with Crippen LogP contribution in [0.5, 0.6) is 0 Å². The van der Waals surface area contributed by atoms with Crippen LogP contribution in [0.2, 0.25) is 0 Å². The molecule has 1 unspecified atom stereocenters. The first-order valence-electron chi connectivity index (χ1n) is 7.02. The van der Waals surface area contributed by atoms with E-state index in [0.717, 1.165) is 6.42 Å². The summed E-state index contributed by atoms with van der Waals surface area (Å²) in [6.07, 6.45) is 1.68. The Morgan fingerprint density at radius 2 is 1.95 bits per heavy atom. The van der Waals surface area contributed by atoms with E-state index in [4.69, 9.17) is 5.11 Å². The number of carbonyl (C=O) groups excluding carboxylic acids is 2. The molecule has 0 aliphatic carbocycles. The number of rotatable bonds is 4. The van der Waals surface area contributed by atoms with Crippen molar-refractivity contribution in [3.8, 4) is 0 Å². The first-order valence-corrected chi connectivity index (χ1v) is 7.02. The van der Waals surface area contributed by atoms with E-state index in [1.54, 1.807) is 11.8 Å². The second-order valence-corrected chi connectivity index (χ2v) is 6.21. The lowest BCUT2D eigenvalue weighted by atomic mass is 9.94. The SMILES string of the molecule is CC[C@H](NC(=O)C1CCCN1C(=O)C(C)(C)C)C(=O)O. The molecule has 1 rings (SSSR count). The van der Waals surface area contributed by atoms with Crippen LogP contribution in [0.15, 0.2) is 0 Å². The smallest absolute Gasteiger partial charge is 0.326 e. The summed E-state index contributed by atoms with van der Waals surface area (Å²) in [6.45, 7) is 7.70. The van der Waals surface area contributed by atoms with Gasteiger partial charge in [-0.05, 0) is 19.3 Å². The van der Waals surface area contributed by atoms with Gasteiger partial charge in [-0.15, -0.1) is 0 Å². The summed E-state index contributed by atoms with van der Waals surface area (Å²) in [6, 6.07) is -1.44. The summed E-state index contributed by atoms with van der Waals surface area (Å²) in [7, 11) is 0. The van der Waals surface area contributed by atoms with Crippen LogP contribution in [0.3, 0.4) is 0 Å². The number of nitrogens with one attached hydrogen (secondary N) is 1. The second-order valence-electron chi connectivity index (χ2n) is 6.21. The highest BCUT2D eigenvalue weighted by atomic mass is 16.4. The van der Waals surface area contributed by atoms with Crippen LogP contribution in [-0.2, 0) is 14.4 Å².